The number of hydrogen-bond donors (Lipinski definition) is 3. The Hall–Kier alpha value is -3.07. The molecule has 1 aliphatic heterocycles. The maximum atomic E-state index is 12.6. The van der Waals surface area contributed by atoms with E-state index in [9.17, 15) is 14.7 Å². The zero-order valence-electron chi connectivity index (χ0n) is 15.8. The van der Waals surface area contributed by atoms with E-state index in [1.165, 1.54) is 12.3 Å². The summed E-state index contributed by atoms with van der Waals surface area (Å²) in [5.41, 5.74) is 3.49. The molecule has 0 saturated heterocycles. The van der Waals surface area contributed by atoms with Gasteiger partial charge in [0.2, 0.25) is 6.79 Å². The number of hydrazone groups is 1. The van der Waals surface area contributed by atoms with Crippen LogP contribution in [0.4, 0.5) is 0 Å². The molecule has 152 valence electrons. The van der Waals surface area contributed by atoms with Crippen molar-refractivity contribution in [1.29, 1.82) is 0 Å². The number of benzene rings is 2. The second-order valence-electron chi connectivity index (χ2n) is 6.71. The minimum Gasteiger partial charge on any atom is -0.507 e. The number of phenolic OH excluding ortho intramolecular Hbond substituents is 1. The van der Waals surface area contributed by atoms with Crippen molar-refractivity contribution in [3.8, 4) is 17.2 Å². The standard InChI is InChI=1S/C20H20BrN3O5/c1-11(2)18(20(27)24-22-9-12-3-5-15(25)14(21)7-12)23-19(26)13-4-6-16-17(8-13)29-10-28-16/h3-9,11,18,25H,10H2,1-2H3,(H,23,26)(H,24,27)/b22-9+/t18-/m0/s1. The Bertz CT molecular complexity index is 961. The van der Waals surface area contributed by atoms with E-state index in [0.717, 1.165) is 0 Å². The molecule has 8 nitrogen and oxygen atoms in total. The number of carbonyl (C=O) groups excluding carboxylic acids is 2. The van der Waals surface area contributed by atoms with Gasteiger partial charge in [-0.15, -0.1) is 0 Å². The number of halogens is 1. The number of amides is 2. The monoisotopic (exact) mass is 461 g/mol. The Balaban J connectivity index is 1.64. The van der Waals surface area contributed by atoms with Crippen LogP contribution in [0.25, 0.3) is 0 Å². The Morgan fingerprint density at radius 3 is 2.66 bits per heavy atom. The molecule has 0 saturated carbocycles. The van der Waals surface area contributed by atoms with Gasteiger partial charge in [-0.3, -0.25) is 9.59 Å². The summed E-state index contributed by atoms with van der Waals surface area (Å²) in [6.07, 6.45) is 1.44. The molecule has 1 heterocycles. The number of fused-ring (bicyclic) bond motifs is 1. The number of nitrogens with one attached hydrogen (secondary N) is 2. The fourth-order valence-electron chi connectivity index (χ4n) is 2.64. The van der Waals surface area contributed by atoms with E-state index in [4.69, 9.17) is 9.47 Å². The van der Waals surface area contributed by atoms with Crippen LogP contribution in [0.15, 0.2) is 46.0 Å². The van der Waals surface area contributed by atoms with E-state index < -0.39 is 17.9 Å². The van der Waals surface area contributed by atoms with Crippen molar-refractivity contribution in [2.24, 2.45) is 11.0 Å². The smallest absolute Gasteiger partial charge is 0.262 e. The second-order valence-corrected chi connectivity index (χ2v) is 7.56. The molecule has 2 aromatic carbocycles. The molecule has 2 aromatic rings. The first-order chi connectivity index (χ1) is 13.8. The van der Waals surface area contributed by atoms with Gasteiger partial charge in [-0.25, -0.2) is 5.43 Å². The molecule has 9 heteroatoms. The highest BCUT2D eigenvalue weighted by Gasteiger charge is 2.25. The van der Waals surface area contributed by atoms with Crippen molar-refractivity contribution < 1.29 is 24.2 Å². The molecule has 29 heavy (non-hydrogen) atoms. The Morgan fingerprint density at radius 1 is 1.17 bits per heavy atom. The highest BCUT2D eigenvalue weighted by Crippen LogP contribution is 2.32. The first-order valence-corrected chi connectivity index (χ1v) is 9.66. The van der Waals surface area contributed by atoms with Crippen LogP contribution in [0.3, 0.4) is 0 Å². The predicted molar refractivity (Wildman–Crippen MR) is 110 cm³/mol. The fourth-order valence-corrected chi connectivity index (χ4v) is 3.04. The van der Waals surface area contributed by atoms with Crippen LogP contribution in [0, 0.1) is 5.92 Å². The molecule has 0 aliphatic carbocycles. The first kappa shape index (κ1) is 20.7. The van der Waals surface area contributed by atoms with E-state index in [1.54, 1.807) is 30.3 Å². The minimum absolute atomic E-state index is 0.109. The zero-order chi connectivity index (χ0) is 21.0. The molecule has 0 bridgehead atoms. The van der Waals surface area contributed by atoms with Gasteiger partial charge in [0.15, 0.2) is 11.5 Å². The third-order valence-corrected chi connectivity index (χ3v) is 4.87. The quantitative estimate of drug-likeness (QED) is 0.452. The van der Waals surface area contributed by atoms with Gasteiger partial charge in [-0.05, 0) is 63.8 Å². The lowest BCUT2D eigenvalue weighted by atomic mass is 10.0. The first-order valence-electron chi connectivity index (χ1n) is 8.87. The third kappa shape index (κ3) is 5.05. The number of nitrogens with zero attached hydrogens (tertiary/aromatic N) is 1. The largest absolute Gasteiger partial charge is 0.507 e. The minimum atomic E-state index is -0.781. The van der Waals surface area contributed by atoms with Crippen molar-refractivity contribution >= 4 is 34.0 Å². The average molecular weight is 462 g/mol. The van der Waals surface area contributed by atoms with Crippen molar-refractivity contribution in [2.45, 2.75) is 19.9 Å². The van der Waals surface area contributed by atoms with Gasteiger partial charge in [0.05, 0.1) is 10.7 Å². The van der Waals surface area contributed by atoms with Crippen LogP contribution < -0.4 is 20.2 Å². The van der Waals surface area contributed by atoms with E-state index in [1.807, 2.05) is 13.8 Å². The normalized spacial score (nSPS) is 13.5. The van der Waals surface area contributed by atoms with E-state index >= 15 is 0 Å². The summed E-state index contributed by atoms with van der Waals surface area (Å²) in [6.45, 7) is 3.77. The lowest BCUT2D eigenvalue weighted by Gasteiger charge is -2.20. The number of rotatable bonds is 6. The Kier molecular flexibility index (Phi) is 6.38. The summed E-state index contributed by atoms with van der Waals surface area (Å²) in [4.78, 5) is 25.1. The fraction of sp³-hybridized carbons (Fsp3) is 0.250. The van der Waals surface area contributed by atoms with Gasteiger partial charge >= 0.3 is 0 Å². The highest BCUT2D eigenvalue weighted by molar-refractivity contribution is 9.10. The van der Waals surface area contributed by atoms with Gasteiger partial charge in [0, 0.05) is 5.56 Å². The molecule has 0 radical (unpaired) electrons. The molecule has 0 fully saturated rings. The van der Waals surface area contributed by atoms with Crippen LogP contribution >= 0.6 is 15.9 Å². The molecule has 1 atom stereocenters. The predicted octanol–water partition coefficient (Wildman–Crippen LogP) is 2.79. The van der Waals surface area contributed by atoms with Crippen LogP contribution in [-0.4, -0.2) is 36.0 Å². The van der Waals surface area contributed by atoms with Crippen LogP contribution in [0.5, 0.6) is 17.2 Å². The molecule has 0 aromatic heterocycles. The van der Waals surface area contributed by atoms with Crippen molar-refractivity contribution in [3.05, 3.63) is 52.0 Å². The lowest BCUT2D eigenvalue weighted by Crippen LogP contribution is -2.48. The molecule has 0 unspecified atom stereocenters. The summed E-state index contributed by atoms with van der Waals surface area (Å²) in [5, 5.41) is 16.2. The van der Waals surface area contributed by atoms with Crippen molar-refractivity contribution in [2.75, 3.05) is 6.79 Å². The van der Waals surface area contributed by atoms with Gasteiger partial charge < -0.3 is 19.9 Å². The number of ether oxygens (including phenoxy) is 2. The SMILES string of the molecule is CC(C)[C@H](NC(=O)c1ccc2c(c1)OCO2)C(=O)N/N=C/c1ccc(O)c(Br)c1. The summed E-state index contributed by atoms with van der Waals surface area (Å²) >= 11 is 3.21. The van der Waals surface area contributed by atoms with E-state index in [2.05, 4.69) is 31.8 Å². The number of aromatic hydroxyl groups is 1. The van der Waals surface area contributed by atoms with Crippen LogP contribution in [0.2, 0.25) is 0 Å². The number of carbonyl (C=O) groups is 2. The molecule has 3 rings (SSSR count). The molecule has 0 spiro atoms. The summed E-state index contributed by atoms with van der Waals surface area (Å²) in [7, 11) is 0. The third-order valence-electron chi connectivity index (χ3n) is 4.23. The van der Waals surface area contributed by atoms with E-state index in [0.29, 0.717) is 27.1 Å². The van der Waals surface area contributed by atoms with Crippen LogP contribution in [0.1, 0.15) is 29.8 Å². The number of phenols is 1. The molecular formula is C20H20BrN3O5. The van der Waals surface area contributed by atoms with Gasteiger partial charge in [0.1, 0.15) is 11.8 Å². The highest BCUT2D eigenvalue weighted by atomic mass is 79.9. The van der Waals surface area contributed by atoms with Crippen LogP contribution in [-0.2, 0) is 4.79 Å². The van der Waals surface area contributed by atoms with E-state index in [-0.39, 0.29) is 18.5 Å². The summed E-state index contributed by atoms with van der Waals surface area (Å²) < 4.78 is 11.0. The molecule has 1 aliphatic rings. The molecular weight excluding hydrogens is 442 g/mol. The lowest BCUT2D eigenvalue weighted by molar-refractivity contribution is -0.123. The topological polar surface area (TPSA) is 109 Å². The summed E-state index contributed by atoms with van der Waals surface area (Å²) in [6, 6.07) is 8.88. The average Bonchev–Trinajstić information content (AvgIpc) is 3.16. The van der Waals surface area contributed by atoms with Crippen molar-refractivity contribution in [1.82, 2.24) is 10.7 Å². The van der Waals surface area contributed by atoms with Crippen molar-refractivity contribution in [3.63, 3.8) is 0 Å². The maximum Gasteiger partial charge on any atom is 0.262 e. The molecule has 3 N–H and O–H groups in total. The molecule has 2 amide bonds. The number of hydrogen-bond acceptors (Lipinski definition) is 6. The van der Waals surface area contributed by atoms with Gasteiger partial charge in [0.25, 0.3) is 11.8 Å². The maximum absolute atomic E-state index is 12.6. The second kappa shape index (κ2) is 8.95. The summed E-state index contributed by atoms with van der Waals surface area (Å²) in [5.74, 6) is 0.179. The zero-order valence-corrected chi connectivity index (χ0v) is 17.4. The van der Waals surface area contributed by atoms with Gasteiger partial charge in [-0.1, -0.05) is 13.8 Å². The Morgan fingerprint density at radius 2 is 1.93 bits per heavy atom. The van der Waals surface area contributed by atoms with Gasteiger partial charge in [-0.2, -0.15) is 5.10 Å². The Labute approximate surface area is 176 Å².